The van der Waals surface area contributed by atoms with Crippen LogP contribution in [0, 0.1) is 11.7 Å². The summed E-state index contributed by atoms with van der Waals surface area (Å²) in [4.78, 5) is 18.5. The molecule has 1 N–H and O–H groups in total. The molecular formula is C16H24FN3O. The number of carbonyl (C=O) groups excluding carboxylic acids is 1. The number of nitrogens with zero attached hydrogens (tertiary/aromatic N) is 2. The Morgan fingerprint density at radius 3 is 2.81 bits per heavy atom. The lowest BCUT2D eigenvalue weighted by atomic mass is 9.85. The summed E-state index contributed by atoms with van der Waals surface area (Å²) in [7, 11) is 0. The van der Waals surface area contributed by atoms with E-state index in [2.05, 4.69) is 10.3 Å². The molecule has 0 atom stereocenters. The highest BCUT2D eigenvalue weighted by Gasteiger charge is 2.25. The molecule has 116 valence electrons. The standard InChI is InChI=1S/C16H24FN3O/c1-3-8-18-15-14(9-13(17)10-19-15)16(21)20(4-2)11-12-6-5-7-12/h9-10,12H,3-8,11H2,1-2H3,(H,18,19). The second kappa shape index (κ2) is 7.38. The Hall–Kier alpha value is -1.65. The van der Waals surface area contributed by atoms with Crippen molar-refractivity contribution in [3.05, 3.63) is 23.6 Å². The van der Waals surface area contributed by atoms with Gasteiger partial charge in [0.05, 0.1) is 11.8 Å². The average Bonchev–Trinajstić information content (AvgIpc) is 2.44. The van der Waals surface area contributed by atoms with Crippen LogP contribution in [0.15, 0.2) is 12.3 Å². The van der Waals surface area contributed by atoms with Crippen molar-refractivity contribution in [2.24, 2.45) is 5.92 Å². The average molecular weight is 293 g/mol. The maximum absolute atomic E-state index is 13.5. The molecule has 0 aromatic carbocycles. The van der Waals surface area contributed by atoms with E-state index in [0.717, 1.165) is 19.2 Å². The van der Waals surface area contributed by atoms with Gasteiger partial charge in [-0.2, -0.15) is 0 Å². The van der Waals surface area contributed by atoms with Gasteiger partial charge < -0.3 is 10.2 Å². The largest absolute Gasteiger partial charge is 0.369 e. The van der Waals surface area contributed by atoms with Crippen LogP contribution in [0.4, 0.5) is 10.2 Å². The molecule has 0 unspecified atom stereocenters. The van der Waals surface area contributed by atoms with Crippen molar-refractivity contribution in [2.45, 2.75) is 39.5 Å². The Morgan fingerprint density at radius 1 is 1.48 bits per heavy atom. The molecule has 5 heteroatoms. The fourth-order valence-electron chi connectivity index (χ4n) is 2.50. The molecule has 1 heterocycles. The predicted octanol–water partition coefficient (Wildman–Crippen LogP) is 3.30. The lowest BCUT2D eigenvalue weighted by Gasteiger charge is -2.32. The first kappa shape index (κ1) is 15.7. The molecule has 21 heavy (non-hydrogen) atoms. The zero-order valence-electron chi connectivity index (χ0n) is 12.9. The van der Waals surface area contributed by atoms with E-state index in [0.29, 0.717) is 30.4 Å². The lowest BCUT2D eigenvalue weighted by Crippen LogP contribution is -2.37. The highest BCUT2D eigenvalue weighted by molar-refractivity contribution is 5.98. The van der Waals surface area contributed by atoms with Crippen molar-refractivity contribution >= 4 is 11.7 Å². The van der Waals surface area contributed by atoms with Crippen molar-refractivity contribution in [3.63, 3.8) is 0 Å². The predicted molar refractivity (Wildman–Crippen MR) is 81.9 cm³/mol. The first-order valence-electron chi connectivity index (χ1n) is 7.84. The summed E-state index contributed by atoms with van der Waals surface area (Å²) in [5.41, 5.74) is 0.338. The van der Waals surface area contributed by atoms with Gasteiger partial charge in [0.25, 0.3) is 5.91 Å². The van der Waals surface area contributed by atoms with E-state index in [-0.39, 0.29) is 5.91 Å². The molecule has 1 amide bonds. The summed E-state index contributed by atoms with van der Waals surface area (Å²) in [6.45, 7) is 6.11. The van der Waals surface area contributed by atoms with Gasteiger partial charge in [-0.1, -0.05) is 13.3 Å². The molecule has 0 spiro atoms. The van der Waals surface area contributed by atoms with Gasteiger partial charge in [0.1, 0.15) is 11.6 Å². The Bertz CT molecular complexity index is 488. The summed E-state index contributed by atoms with van der Waals surface area (Å²) < 4.78 is 13.5. The molecular weight excluding hydrogens is 269 g/mol. The smallest absolute Gasteiger partial charge is 0.257 e. The van der Waals surface area contributed by atoms with E-state index >= 15 is 0 Å². The van der Waals surface area contributed by atoms with Crippen LogP contribution in [-0.2, 0) is 0 Å². The van der Waals surface area contributed by atoms with E-state index in [1.807, 2.05) is 13.8 Å². The van der Waals surface area contributed by atoms with Gasteiger partial charge in [-0.05, 0) is 38.2 Å². The minimum absolute atomic E-state index is 0.130. The molecule has 1 aromatic heterocycles. The van der Waals surface area contributed by atoms with Gasteiger partial charge in [-0.25, -0.2) is 9.37 Å². The van der Waals surface area contributed by atoms with Gasteiger partial charge in [0.15, 0.2) is 0 Å². The van der Waals surface area contributed by atoms with E-state index in [9.17, 15) is 9.18 Å². The van der Waals surface area contributed by atoms with Crippen molar-refractivity contribution in [1.82, 2.24) is 9.88 Å². The minimum atomic E-state index is -0.472. The van der Waals surface area contributed by atoms with E-state index in [1.165, 1.54) is 25.3 Å². The number of halogens is 1. The van der Waals surface area contributed by atoms with Gasteiger partial charge in [-0.3, -0.25) is 4.79 Å². The van der Waals surface area contributed by atoms with Gasteiger partial charge in [0, 0.05) is 19.6 Å². The maximum Gasteiger partial charge on any atom is 0.257 e. The number of anilines is 1. The van der Waals surface area contributed by atoms with Crippen molar-refractivity contribution in [3.8, 4) is 0 Å². The number of hydrogen-bond acceptors (Lipinski definition) is 3. The van der Waals surface area contributed by atoms with Crippen LogP contribution in [0.25, 0.3) is 0 Å². The van der Waals surface area contributed by atoms with E-state index < -0.39 is 5.82 Å². The monoisotopic (exact) mass is 293 g/mol. The molecule has 4 nitrogen and oxygen atoms in total. The fraction of sp³-hybridized carbons (Fsp3) is 0.625. The second-order valence-corrected chi connectivity index (χ2v) is 5.62. The highest BCUT2D eigenvalue weighted by atomic mass is 19.1. The Kier molecular flexibility index (Phi) is 5.53. The Labute approximate surface area is 125 Å². The highest BCUT2D eigenvalue weighted by Crippen LogP contribution is 2.28. The maximum atomic E-state index is 13.5. The summed E-state index contributed by atoms with van der Waals surface area (Å²) >= 11 is 0. The third kappa shape index (κ3) is 3.93. The molecule has 1 aliphatic rings. The molecule has 0 radical (unpaired) electrons. The molecule has 0 bridgehead atoms. The number of hydrogen-bond donors (Lipinski definition) is 1. The first-order chi connectivity index (χ1) is 10.2. The third-order valence-corrected chi connectivity index (χ3v) is 4.00. The molecule has 1 saturated carbocycles. The molecule has 1 fully saturated rings. The van der Waals surface area contributed by atoms with E-state index in [1.54, 1.807) is 4.90 Å². The van der Waals surface area contributed by atoms with E-state index in [4.69, 9.17) is 0 Å². The van der Waals surface area contributed by atoms with Crippen molar-refractivity contribution < 1.29 is 9.18 Å². The SMILES string of the molecule is CCCNc1ncc(F)cc1C(=O)N(CC)CC1CCC1. The molecule has 0 aliphatic heterocycles. The van der Waals surface area contributed by atoms with Crippen LogP contribution in [0.3, 0.4) is 0 Å². The minimum Gasteiger partial charge on any atom is -0.369 e. The Balaban J connectivity index is 2.16. The first-order valence-corrected chi connectivity index (χ1v) is 7.84. The molecule has 1 aromatic rings. The summed E-state index contributed by atoms with van der Waals surface area (Å²) in [5.74, 6) is 0.480. The van der Waals surface area contributed by atoms with Gasteiger partial charge in [-0.15, -0.1) is 0 Å². The summed E-state index contributed by atoms with van der Waals surface area (Å²) in [6.07, 6.45) is 5.70. The number of amides is 1. The Morgan fingerprint density at radius 2 is 2.24 bits per heavy atom. The van der Waals surface area contributed by atoms with Crippen LogP contribution in [0.2, 0.25) is 0 Å². The van der Waals surface area contributed by atoms with Crippen molar-refractivity contribution in [1.29, 1.82) is 0 Å². The quantitative estimate of drug-likeness (QED) is 0.839. The van der Waals surface area contributed by atoms with Crippen LogP contribution in [0.5, 0.6) is 0 Å². The number of aromatic nitrogens is 1. The summed E-state index contributed by atoms with van der Waals surface area (Å²) in [6, 6.07) is 1.29. The molecule has 2 rings (SSSR count). The van der Waals surface area contributed by atoms with Crippen LogP contribution in [-0.4, -0.2) is 35.4 Å². The molecule has 0 saturated heterocycles. The van der Waals surface area contributed by atoms with Crippen LogP contribution in [0.1, 0.15) is 49.9 Å². The third-order valence-electron chi connectivity index (χ3n) is 4.00. The lowest BCUT2D eigenvalue weighted by molar-refractivity contribution is 0.0706. The number of rotatable bonds is 7. The summed E-state index contributed by atoms with van der Waals surface area (Å²) in [5, 5.41) is 3.11. The molecule has 1 aliphatic carbocycles. The zero-order chi connectivity index (χ0) is 15.2. The number of pyridine rings is 1. The number of carbonyl (C=O) groups is 1. The van der Waals surface area contributed by atoms with Crippen LogP contribution >= 0.6 is 0 Å². The van der Waals surface area contributed by atoms with Crippen molar-refractivity contribution in [2.75, 3.05) is 25.0 Å². The topological polar surface area (TPSA) is 45.2 Å². The second-order valence-electron chi connectivity index (χ2n) is 5.62. The zero-order valence-corrected chi connectivity index (χ0v) is 12.9. The normalized spacial score (nSPS) is 14.6. The number of nitrogens with one attached hydrogen (secondary N) is 1. The van der Waals surface area contributed by atoms with Gasteiger partial charge in [0.2, 0.25) is 0 Å². The van der Waals surface area contributed by atoms with Gasteiger partial charge >= 0.3 is 0 Å². The van der Waals surface area contributed by atoms with Crippen LogP contribution < -0.4 is 5.32 Å². The fourth-order valence-corrected chi connectivity index (χ4v) is 2.50.